The lowest BCUT2D eigenvalue weighted by Crippen LogP contribution is -2.19. The molecule has 142 valence electrons. The van der Waals surface area contributed by atoms with Crippen LogP contribution in [0.2, 0.25) is 0 Å². The van der Waals surface area contributed by atoms with Crippen LogP contribution in [0.25, 0.3) is 0 Å². The SMILES string of the molecule is CO/N=C(\C(=O)OC)c1ccccc1CO/N=C(\C)[C@@H]1C[C@H]1c1cccs1. The smallest absolute Gasteiger partial charge is 0.360 e. The van der Waals surface area contributed by atoms with Crippen molar-refractivity contribution in [2.24, 2.45) is 16.2 Å². The summed E-state index contributed by atoms with van der Waals surface area (Å²) in [7, 11) is 2.69. The second kappa shape index (κ2) is 8.81. The maximum absolute atomic E-state index is 12.0. The van der Waals surface area contributed by atoms with E-state index in [-0.39, 0.29) is 12.3 Å². The predicted octanol–water partition coefficient (Wildman–Crippen LogP) is 3.97. The predicted molar refractivity (Wildman–Crippen MR) is 105 cm³/mol. The van der Waals surface area contributed by atoms with Crippen LogP contribution in [0, 0.1) is 5.92 Å². The van der Waals surface area contributed by atoms with Gasteiger partial charge in [-0.05, 0) is 24.8 Å². The average molecular weight is 386 g/mol. The highest BCUT2D eigenvalue weighted by Crippen LogP contribution is 2.49. The van der Waals surface area contributed by atoms with Crippen LogP contribution in [0.3, 0.4) is 0 Å². The van der Waals surface area contributed by atoms with Gasteiger partial charge < -0.3 is 14.4 Å². The molecule has 1 aliphatic rings. The third kappa shape index (κ3) is 4.54. The Bertz CT molecular complexity index is 845. The monoisotopic (exact) mass is 386 g/mol. The van der Waals surface area contributed by atoms with E-state index in [1.54, 1.807) is 17.4 Å². The molecule has 0 bridgehead atoms. The number of ether oxygens (including phenoxy) is 1. The Labute approximate surface area is 162 Å². The molecule has 3 rings (SSSR count). The van der Waals surface area contributed by atoms with E-state index in [4.69, 9.17) is 14.4 Å². The van der Waals surface area contributed by atoms with Crippen molar-refractivity contribution in [2.75, 3.05) is 14.2 Å². The molecule has 0 N–H and O–H groups in total. The number of nitrogens with zero attached hydrogens (tertiary/aromatic N) is 2. The van der Waals surface area contributed by atoms with Gasteiger partial charge in [-0.15, -0.1) is 11.3 Å². The van der Waals surface area contributed by atoms with Crippen LogP contribution in [0.15, 0.2) is 52.1 Å². The minimum absolute atomic E-state index is 0.0971. The normalized spacial score (nSPS) is 19.5. The van der Waals surface area contributed by atoms with E-state index in [0.29, 0.717) is 17.4 Å². The van der Waals surface area contributed by atoms with Crippen molar-refractivity contribution in [1.82, 2.24) is 0 Å². The molecular weight excluding hydrogens is 364 g/mol. The topological polar surface area (TPSA) is 69.5 Å². The van der Waals surface area contributed by atoms with Crippen molar-refractivity contribution < 1.29 is 19.2 Å². The molecule has 1 heterocycles. The van der Waals surface area contributed by atoms with Crippen LogP contribution in [-0.2, 0) is 25.8 Å². The van der Waals surface area contributed by atoms with Gasteiger partial charge in [0.05, 0.1) is 12.8 Å². The molecule has 0 unspecified atom stereocenters. The average Bonchev–Trinajstić information content (AvgIpc) is 3.31. The van der Waals surface area contributed by atoms with E-state index in [0.717, 1.165) is 17.7 Å². The fraction of sp³-hybridized carbons (Fsp3) is 0.350. The molecule has 6 nitrogen and oxygen atoms in total. The molecule has 1 fully saturated rings. The van der Waals surface area contributed by atoms with Crippen LogP contribution in [0.4, 0.5) is 0 Å². The Morgan fingerprint density at radius 3 is 2.70 bits per heavy atom. The van der Waals surface area contributed by atoms with Crippen molar-refractivity contribution in [1.29, 1.82) is 0 Å². The van der Waals surface area contributed by atoms with Crippen LogP contribution >= 0.6 is 11.3 Å². The maximum atomic E-state index is 12.0. The number of carbonyl (C=O) groups excluding carboxylic acids is 1. The largest absolute Gasteiger partial charge is 0.464 e. The van der Waals surface area contributed by atoms with E-state index < -0.39 is 5.97 Å². The Hall–Kier alpha value is -2.67. The minimum Gasteiger partial charge on any atom is -0.464 e. The van der Waals surface area contributed by atoms with Gasteiger partial charge in [0.15, 0.2) is 5.71 Å². The summed E-state index contributed by atoms with van der Waals surface area (Å²) in [5, 5.41) is 10.2. The number of oxime groups is 2. The van der Waals surface area contributed by atoms with Crippen molar-refractivity contribution in [3.63, 3.8) is 0 Å². The van der Waals surface area contributed by atoms with E-state index in [1.165, 1.54) is 19.1 Å². The van der Waals surface area contributed by atoms with Crippen LogP contribution in [0.5, 0.6) is 0 Å². The molecule has 1 saturated carbocycles. The van der Waals surface area contributed by atoms with Crippen molar-refractivity contribution in [3.8, 4) is 0 Å². The Kier molecular flexibility index (Phi) is 6.24. The van der Waals surface area contributed by atoms with Crippen molar-refractivity contribution >= 4 is 28.7 Å². The van der Waals surface area contributed by atoms with Gasteiger partial charge in [-0.2, -0.15) is 0 Å². The highest BCUT2D eigenvalue weighted by molar-refractivity contribution is 7.10. The zero-order valence-electron chi connectivity index (χ0n) is 15.5. The summed E-state index contributed by atoms with van der Waals surface area (Å²) < 4.78 is 4.79. The molecule has 1 aromatic heterocycles. The zero-order chi connectivity index (χ0) is 19.2. The molecule has 7 heteroatoms. The molecule has 0 saturated heterocycles. The van der Waals surface area contributed by atoms with Gasteiger partial charge in [-0.25, -0.2) is 4.79 Å². The molecule has 27 heavy (non-hydrogen) atoms. The first-order chi connectivity index (χ1) is 13.2. The standard InChI is InChI=1S/C20H22N2O4S/c1-13(16-11-17(16)18-9-6-10-27-18)21-26-12-14-7-4-5-8-15(14)19(22-25-3)20(23)24-2/h4-10,16-17H,11-12H2,1-3H3/b21-13+,22-19-/t16-,17+/m0/s1. The van der Waals surface area contributed by atoms with Crippen LogP contribution in [0.1, 0.15) is 35.3 Å². The Morgan fingerprint density at radius 2 is 2.00 bits per heavy atom. The summed E-state index contributed by atoms with van der Waals surface area (Å²) in [4.78, 5) is 23.7. The van der Waals surface area contributed by atoms with Crippen LogP contribution in [-0.4, -0.2) is 31.6 Å². The number of hydrogen-bond donors (Lipinski definition) is 0. The quantitative estimate of drug-likeness (QED) is 0.391. The summed E-state index contributed by atoms with van der Waals surface area (Å²) in [6, 6.07) is 11.6. The second-order valence-corrected chi connectivity index (χ2v) is 7.22. The maximum Gasteiger partial charge on any atom is 0.360 e. The van der Waals surface area contributed by atoms with Gasteiger partial charge in [0.25, 0.3) is 0 Å². The number of benzene rings is 1. The summed E-state index contributed by atoms with van der Waals surface area (Å²) in [6.45, 7) is 2.22. The van der Waals surface area contributed by atoms with Gasteiger partial charge in [0.1, 0.15) is 13.7 Å². The van der Waals surface area contributed by atoms with Gasteiger partial charge in [-0.3, -0.25) is 0 Å². The molecule has 0 amide bonds. The molecule has 0 aliphatic heterocycles. The van der Waals surface area contributed by atoms with Gasteiger partial charge in [0.2, 0.25) is 0 Å². The first-order valence-corrected chi connectivity index (χ1v) is 9.51. The Morgan fingerprint density at radius 1 is 1.19 bits per heavy atom. The van der Waals surface area contributed by atoms with E-state index in [2.05, 4.69) is 27.8 Å². The lowest BCUT2D eigenvalue weighted by molar-refractivity contribution is -0.132. The number of thiophene rings is 1. The number of methoxy groups -OCH3 is 1. The summed E-state index contributed by atoms with van der Waals surface area (Å²) >= 11 is 1.79. The number of rotatable bonds is 8. The Balaban J connectivity index is 1.66. The molecule has 2 atom stereocenters. The number of carbonyl (C=O) groups is 1. The lowest BCUT2D eigenvalue weighted by Gasteiger charge is -2.09. The zero-order valence-corrected chi connectivity index (χ0v) is 16.4. The van der Waals surface area contributed by atoms with Crippen LogP contribution < -0.4 is 0 Å². The highest BCUT2D eigenvalue weighted by atomic mass is 32.1. The summed E-state index contributed by atoms with van der Waals surface area (Å²) in [5.41, 5.74) is 2.47. The highest BCUT2D eigenvalue weighted by Gasteiger charge is 2.41. The molecule has 2 aromatic rings. The number of esters is 1. The van der Waals surface area contributed by atoms with E-state index in [1.807, 2.05) is 25.1 Å². The molecule has 0 spiro atoms. The van der Waals surface area contributed by atoms with Gasteiger partial charge >= 0.3 is 5.97 Å². The third-order valence-corrected chi connectivity index (χ3v) is 5.50. The van der Waals surface area contributed by atoms with Gasteiger partial charge in [-0.1, -0.05) is 40.6 Å². The van der Waals surface area contributed by atoms with Crippen molar-refractivity contribution in [2.45, 2.75) is 25.9 Å². The molecule has 0 radical (unpaired) electrons. The second-order valence-electron chi connectivity index (χ2n) is 6.24. The fourth-order valence-electron chi connectivity index (χ4n) is 3.01. The molecule has 1 aromatic carbocycles. The first-order valence-electron chi connectivity index (χ1n) is 8.63. The summed E-state index contributed by atoms with van der Waals surface area (Å²) in [6.07, 6.45) is 1.11. The molecule has 1 aliphatic carbocycles. The number of hydrogen-bond acceptors (Lipinski definition) is 7. The summed E-state index contributed by atoms with van der Waals surface area (Å²) in [5.74, 6) is 0.435. The van der Waals surface area contributed by atoms with Crippen molar-refractivity contribution in [3.05, 3.63) is 57.8 Å². The van der Waals surface area contributed by atoms with Gasteiger partial charge in [0, 0.05) is 27.8 Å². The first kappa shape index (κ1) is 19.1. The van der Waals surface area contributed by atoms with E-state index >= 15 is 0 Å². The third-order valence-electron chi connectivity index (χ3n) is 4.50. The lowest BCUT2D eigenvalue weighted by atomic mass is 10.0. The fourth-order valence-corrected chi connectivity index (χ4v) is 3.91. The van der Waals surface area contributed by atoms with E-state index in [9.17, 15) is 4.79 Å². The minimum atomic E-state index is -0.569. The molecular formula is C20H22N2O4S.